The SMILES string of the molecule is CC(C)Oc1ccc(CNc2cccc(CCC(=O)O)c2)cc1. The average Bonchev–Trinajstić information content (AvgIpc) is 2.52. The summed E-state index contributed by atoms with van der Waals surface area (Å²) >= 11 is 0. The molecule has 2 N–H and O–H groups in total. The first-order valence-electron chi connectivity index (χ1n) is 7.83. The Hall–Kier alpha value is -2.49. The van der Waals surface area contributed by atoms with E-state index in [1.54, 1.807) is 0 Å². The molecule has 0 saturated heterocycles. The minimum atomic E-state index is -0.771. The van der Waals surface area contributed by atoms with Gasteiger partial charge in [-0.25, -0.2) is 0 Å². The van der Waals surface area contributed by atoms with Gasteiger partial charge in [0, 0.05) is 18.7 Å². The zero-order chi connectivity index (χ0) is 16.7. The van der Waals surface area contributed by atoms with E-state index in [1.165, 1.54) is 0 Å². The predicted octanol–water partition coefficient (Wildman–Crippen LogP) is 4.10. The van der Waals surface area contributed by atoms with Crippen LogP contribution in [0.15, 0.2) is 48.5 Å². The van der Waals surface area contributed by atoms with Crippen molar-refractivity contribution in [1.82, 2.24) is 0 Å². The summed E-state index contributed by atoms with van der Waals surface area (Å²) in [5.74, 6) is 0.103. The van der Waals surface area contributed by atoms with Crippen molar-refractivity contribution in [1.29, 1.82) is 0 Å². The van der Waals surface area contributed by atoms with Crippen LogP contribution < -0.4 is 10.1 Å². The Morgan fingerprint density at radius 1 is 1.13 bits per heavy atom. The van der Waals surface area contributed by atoms with Crippen molar-refractivity contribution >= 4 is 11.7 Å². The number of anilines is 1. The van der Waals surface area contributed by atoms with Gasteiger partial charge in [-0.15, -0.1) is 0 Å². The van der Waals surface area contributed by atoms with E-state index in [2.05, 4.69) is 5.32 Å². The van der Waals surface area contributed by atoms with Gasteiger partial charge in [-0.2, -0.15) is 0 Å². The molecule has 0 heterocycles. The number of carboxylic acid groups (broad SMARTS) is 1. The smallest absolute Gasteiger partial charge is 0.303 e. The number of aliphatic carboxylic acids is 1. The molecule has 0 spiro atoms. The highest BCUT2D eigenvalue weighted by Gasteiger charge is 2.01. The Bertz CT molecular complexity index is 635. The summed E-state index contributed by atoms with van der Waals surface area (Å²) in [4.78, 5) is 10.6. The quantitative estimate of drug-likeness (QED) is 0.770. The molecule has 4 nitrogen and oxygen atoms in total. The van der Waals surface area contributed by atoms with Crippen LogP contribution >= 0.6 is 0 Å². The van der Waals surface area contributed by atoms with Crippen LogP contribution in [0.25, 0.3) is 0 Å². The van der Waals surface area contributed by atoms with Gasteiger partial charge in [0.25, 0.3) is 0 Å². The van der Waals surface area contributed by atoms with Crippen LogP contribution in [0.1, 0.15) is 31.4 Å². The molecule has 122 valence electrons. The van der Waals surface area contributed by atoms with Crippen molar-refractivity contribution in [2.24, 2.45) is 0 Å². The lowest BCUT2D eigenvalue weighted by atomic mass is 10.1. The highest BCUT2D eigenvalue weighted by molar-refractivity contribution is 5.67. The van der Waals surface area contributed by atoms with Gasteiger partial charge in [-0.3, -0.25) is 4.79 Å². The molecule has 0 fully saturated rings. The summed E-state index contributed by atoms with van der Waals surface area (Å²) in [5.41, 5.74) is 3.19. The summed E-state index contributed by atoms with van der Waals surface area (Å²) in [6.07, 6.45) is 0.875. The van der Waals surface area contributed by atoms with E-state index >= 15 is 0 Å². The van der Waals surface area contributed by atoms with Crippen LogP contribution in [-0.2, 0) is 17.8 Å². The van der Waals surface area contributed by atoms with E-state index < -0.39 is 5.97 Å². The third-order valence-electron chi connectivity index (χ3n) is 3.35. The molecular weight excluding hydrogens is 290 g/mol. The molecular formula is C19H23NO3. The van der Waals surface area contributed by atoms with Crippen molar-refractivity contribution < 1.29 is 14.6 Å². The molecule has 0 aliphatic heterocycles. The van der Waals surface area contributed by atoms with Gasteiger partial charge in [-0.05, 0) is 55.7 Å². The van der Waals surface area contributed by atoms with Gasteiger partial charge in [0.15, 0.2) is 0 Å². The van der Waals surface area contributed by atoms with Crippen LogP contribution in [0.5, 0.6) is 5.75 Å². The first-order valence-corrected chi connectivity index (χ1v) is 7.83. The van der Waals surface area contributed by atoms with Crippen LogP contribution in [-0.4, -0.2) is 17.2 Å². The van der Waals surface area contributed by atoms with Crippen molar-refractivity contribution in [2.75, 3.05) is 5.32 Å². The Morgan fingerprint density at radius 3 is 2.52 bits per heavy atom. The van der Waals surface area contributed by atoms with E-state index in [-0.39, 0.29) is 12.5 Å². The van der Waals surface area contributed by atoms with Crippen LogP contribution in [0, 0.1) is 0 Å². The number of rotatable bonds is 8. The summed E-state index contributed by atoms with van der Waals surface area (Å²) in [7, 11) is 0. The number of nitrogens with one attached hydrogen (secondary N) is 1. The first kappa shape index (κ1) is 16.9. The van der Waals surface area contributed by atoms with Crippen molar-refractivity contribution in [3.05, 3.63) is 59.7 Å². The second kappa shape index (κ2) is 8.22. The maximum Gasteiger partial charge on any atom is 0.303 e. The molecule has 2 rings (SSSR count). The highest BCUT2D eigenvalue weighted by atomic mass is 16.5. The summed E-state index contributed by atoms with van der Waals surface area (Å²) in [5, 5.41) is 12.1. The molecule has 0 radical (unpaired) electrons. The van der Waals surface area contributed by atoms with Crippen molar-refractivity contribution in [3.8, 4) is 5.75 Å². The third kappa shape index (κ3) is 6.02. The number of carboxylic acids is 1. The fourth-order valence-corrected chi connectivity index (χ4v) is 2.25. The number of hydrogen-bond donors (Lipinski definition) is 2. The zero-order valence-electron chi connectivity index (χ0n) is 13.6. The zero-order valence-corrected chi connectivity index (χ0v) is 13.6. The maximum absolute atomic E-state index is 10.6. The summed E-state index contributed by atoms with van der Waals surface area (Å²) in [6.45, 7) is 4.73. The lowest BCUT2D eigenvalue weighted by molar-refractivity contribution is -0.136. The van der Waals surface area contributed by atoms with Crippen LogP contribution in [0.2, 0.25) is 0 Å². The van der Waals surface area contributed by atoms with E-state index in [4.69, 9.17) is 9.84 Å². The van der Waals surface area contributed by atoms with Gasteiger partial charge in [0.1, 0.15) is 5.75 Å². The predicted molar refractivity (Wildman–Crippen MR) is 91.9 cm³/mol. The molecule has 0 unspecified atom stereocenters. The standard InChI is InChI=1S/C19H23NO3/c1-14(2)23-18-9-6-16(7-10-18)13-20-17-5-3-4-15(12-17)8-11-19(21)22/h3-7,9-10,12,14,20H,8,11,13H2,1-2H3,(H,21,22). The Balaban J connectivity index is 1.90. The van der Waals surface area contributed by atoms with Gasteiger partial charge in [0.05, 0.1) is 6.10 Å². The number of benzene rings is 2. The minimum Gasteiger partial charge on any atom is -0.491 e. The summed E-state index contributed by atoms with van der Waals surface area (Å²) in [6, 6.07) is 15.9. The summed E-state index contributed by atoms with van der Waals surface area (Å²) < 4.78 is 5.63. The van der Waals surface area contributed by atoms with Gasteiger partial charge in [0.2, 0.25) is 0 Å². The van der Waals surface area contributed by atoms with Crippen molar-refractivity contribution in [3.63, 3.8) is 0 Å². The van der Waals surface area contributed by atoms with Gasteiger partial charge >= 0.3 is 5.97 Å². The highest BCUT2D eigenvalue weighted by Crippen LogP contribution is 2.16. The first-order chi connectivity index (χ1) is 11.0. The Kier molecular flexibility index (Phi) is 6.03. The normalized spacial score (nSPS) is 10.6. The van der Waals surface area contributed by atoms with Crippen molar-refractivity contribution in [2.45, 2.75) is 39.3 Å². The molecule has 0 saturated carbocycles. The fourth-order valence-electron chi connectivity index (χ4n) is 2.25. The number of aryl methyl sites for hydroxylation is 1. The van der Waals surface area contributed by atoms with E-state index in [0.717, 1.165) is 22.6 Å². The lowest BCUT2D eigenvalue weighted by Crippen LogP contribution is -2.05. The largest absolute Gasteiger partial charge is 0.491 e. The van der Waals surface area contributed by atoms with Crippen LogP contribution in [0.3, 0.4) is 0 Å². The van der Waals surface area contributed by atoms with E-state index in [1.807, 2.05) is 62.4 Å². The fraction of sp³-hybridized carbons (Fsp3) is 0.316. The molecule has 4 heteroatoms. The number of ether oxygens (including phenoxy) is 1. The van der Waals surface area contributed by atoms with E-state index in [9.17, 15) is 4.79 Å². The Labute approximate surface area is 137 Å². The third-order valence-corrected chi connectivity index (χ3v) is 3.35. The second-order valence-electron chi connectivity index (χ2n) is 5.76. The molecule has 2 aromatic carbocycles. The number of carbonyl (C=O) groups is 1. The average molecular weight is 313 g/mol. The molecule has 0 atom stereocenters. The molecule has 23 heavy (non-hydrogen) atoms. The van der Waals surface area contributed by atoms with Crippen LogP contribution in [0.4, 0.5) is 5.69 Å². The molecule has 0 bridgehead atoms. The maximum atomic E-state index is 10.6. The topological polar surface area (TPSA) is 58.6 Å². The molecule has 2 aromatic rings. The van der Waals surface area contributed by atoms with Gasteiger partial charge in [-0.1, -0.05) is 24.3 Å². The monoisotopic (exact) mass is 313 g/mol. The van der Waals surface area contributed by atoms with Gasteiger partial charge < -0.3 is 15.2 Å². The molecule has 0 aliphatic carbocycles. The van der Waals surface area contributed by atoms with E-state index in [0.29, 0.717) is 13.0 Å². The molecule has 0 aliphatic rings. The minimum absolute atomic E-state index is 0.154. The number of hydrogen-bond acceptors (Lipinski definition) is 3. The molecule has 0 amide bonds. The lowest BCUT2D eigenvalue weighted by Gasteiger charge is -2.11. The second-order valence-corrected chi connectivity index (χ2v) is 5.76. The Morgan fingerprint density at radius 2 is 1.87 bits per heavy atom. The molecule has 0 aromatic heterocycles.